The van der Waals surface area contributed by atoms with Crippen LogP contribution >= 0.6 is 11.3 Å². The third-order valence-electron chi connectivity index (χ3n) is 4.41. The highest BCUT2D eigenvalue weighted by molar-refractivity contribution is 7.15. The maximum Gasteiger partial charge on any atom is 0.323 e. The van der Waals surface area contributed by atoms with Gasteiger partial charge in [0.1, 0.15) is 0 Å². The first kappa shape index (κ1) is 15.4. The number of rotatable bonds is 5. The largest absolute Gasteiger partial charge is 0.323 e. The number of nitrogens with one attached hydrogen (secondary N) is 2. The minimum absolute atomic E-state index is 0.0610. The minimum Gasteiger partial charge on any atom is -0.321 e. The fraction of sp³-hybridized carbons (Fsp3) is 0.667. The van der Waals surface area contributed by atoms with Gasteiger partial charge in [0, 0.05) is 30.2 Å². The Balaban J connectivity index is 1.46. The summed E-state index contributed by atoms with van der Waals surface area (Å²) in [5.41, 5.74) is 0. The average molecular weight is 321 g/mol. The smallest absolute Gasteiger partial charge is 0.321 e. The molecule has 0 atom stereocenters. The summed E-state index contributed by atoms with van der Waals surface area (Å²) in [6.45, 7) is 5.39. The number of carbonyl (C=O) groups excluding carboxylic acids is 1. The first-order chi connectivity index (χ1) is 10.8. The summed E-state index contributed by atoms with van der Waals surface area (Å²) in [5.74, 6) is 0.640. The van der Waals surface area contributed by atoms with Gasteiger partial charge in [0.15, 0.2) is 5.13 Å². The summed E-state index contributed by atoms with van der Waals surface area (Å²) in [5, 5.41) is 6.83. The van der Waals surface area contributed by atoms with E-state index < -0.39 is 0 Å². The number of nitrogens with zero attached hydrogens (tertiary/aromatic N) is 3. The molecule has 0 spiro atoms. The number of thiazole rings is 1. The van der Waals surface area contributed by atoms with Gasteiger partial charge in [-0.15, -0.1) is 11.3 Å². The van der Waals surface area contributed by atoms with Crippen LogP contribution in [0.1, 0.15) is 42.9 Å². The van der Waals surface area contributed by atoms with Crippen molar-refractivity contribution < 1.29 is 4.79 Å². The lowest BCUT2D eigenvalue weighted by molar-refractivity contribution is 0.150. The SMILES string of the molecule is C=NCNC1CN(C(=O)Nc2ncc(C3CCCCC3)s2)C1. The van der Waals surface area contributed by atoms with Crippen LogP contribution in [-0.2, 0) is 0 Å². The quantitative estimate of drug-likeness (QED) is 0.819. The monoisotopic (exact) mass is 321 g/mol. The van der Waals surface area contributed by atoms with Crippen molar-refractivity contribution in [2.24, 2.45) is 4.99 Å². The molecule has 0 unspecified atom stereocenters. The van der Waals surface area contributed by atoms with Gasteiger partial charge in [0.2, 0.25) is 0 Å². The maximum absolute atomic E-state index is 12.1. The molecule has 2 N–H and O–H groups in total. The molecule has 2 aliphatic rings. The normalized spacial score (nSPS) is 19.7. The molecule has 2 amide bonds. The van der Waals surface area contributed by atoms with E-state index in [1.807, 2.05) is 6.20 Å². The second-order valence-electron chi connectivity index (χ2n) is 6.02. The zero-order chi connectivity index (χ0) is 15.4. The Labute approximate surface area is 135 Å². The number of aliphatic imine (C=N–C) groups is 1. The average Bonchev–Trinajstić information content (AvgIpc) is 2.95. The number of hydrogen-bond donors (Lipinski definition) is 2. The van der Waals surface area contributed by atoms with Gasteiger partial charge in [-0.1, -0.05) is 19.3 Å². The Hall–Kier alpha value is -1.47. The van der Waals surface area contributed by atoms with E-state index in [0.717, 1.165) is 5.13 Å². The van der Waals surface area contributed by atoms with Crippen LogP contribution in [0.5, 0.6) is 0 Å². The summed E-state index contributed by atoms with van der Waals surface area (Å²) >= 11 is 1.63. The van der Waals surface area contributed by atoms with Gasteiger partial charge in [-0.25, -0.2) is 9.78 Å². The van der Waals surface area contributed by atoms with E-state index >= 15 is 0 Å². The van der Waals surface area contributed by atoms with Gasteiger partial charge in [0.25, 0.3) is 0 Å². The second-order valence-corrected chi connectivity index (χ2v) is 7.08. The molecule has 1 aromatic heterocycles. The van der Waals surface area contributed by atoms with E-state index in [-0.39, 0.29) is 6.03 Å². The molecule has 7 heteroatoms. The second kappa shape index (κ2) is 7.19. The molecule has 0 aromatic carbocycles. The van der Waals surface area contributed by atoms with E-state index in [4.69, 9.17) is 0 Å². The van der Waals surface area contributed by atoms with E-state index in [1.165, 1.54) is 37.0 Å². The van der Waals surface area contributed by atoms with Crippen molar-refractivity contribution in [1.82, 2.24) is 15.2 Å². The number of urea groups is 1. The number of hydrogen-bond acceptors (Lipinski definition) is 5. The molecule has 1 aliphatic heterocycles. The molecule has 1 saturated carbocycles. The van der Waals surface area contributed by atoms with Crippen LogP contribution in [0, 0.1) is 0 Å². The highest BCUT2D eigenvalue weighted by Gasteiger charge is 2.30. The lowest BCUT2D eigenvalue weighted by Gasteiger charge is -2.39. The predicted molar refractivity (Wildman–Crippen MR) is 89.9 cm³/mol. The van der Waals surface area contributed by atoms with Crippen molar-refractivity contribution in [2.75, 3.05) is 25.1 Å². The third-order valence-corrected chi connectivity index (χ3v) is 5.48. The molecule has 120 valence electrons. The Bertz CT molecular complexity index is 520. The summed E-state index contributed by atoms with van der Waals surface area (Å²) in [6, 6.07) is 0.263. The molecule has 0 radical (unpaired) electrons. The molecule has 1 saturated heterocycles. The molecule has 1 aromatic rings. The van der Waals surface area contributed by atoms with Crippen LogP contribution in [0.3, 0.4) is 0 Å². The van der Waals surface area contributed by atoms with Crippen molar-refractivity contribution in [2.45, 2.75) is 44.1 Å². The van der Waals surface area contributed by atoms with Gasteiger partial charge >= 0.3 is 6.03 Å². The van der Waals surface area contributed by atoms with Crippen molar-refractivity contribution in [1.29, 1.82) is 0 Å². The van der Waals surface area contributed by atoms with Crippen molar-refractivity contribution in [3.05, 3.63) is 11.1 Å². The van der Waals surface area contributed by atoms with Crippen molar-refractivity contribution in [3.63, 3.8) is 0 Å². The number of amides is 2. The molecule has 0 bridgehead atoms. The summed E-state index contributed by atoms with van der Waals surface area (Å²) < 4.78 is 0. The van der Waals surface area contributed by atoms with Gasteiger partial charge in [-0.05, 0) is 25.5 Å². The van der Waals surface area contributed by atoms with Crippen LogP contribution in [0.25, 0.3) is 0 Å². The zero-order valence-corrected chi connectivity index (χ0v) is 13.6. The number of aromatic nitrogens is 1. The number of carbonyl (C=O) groups is 1. The van der Waals surface area contributed by atoms with E-state index in [1.54, 1.807) is 16.2 Å². The van der Waals surface area contributed by atoms with Gasteiger partial charge in [-0.2, -0.15) is 0 Å². The molecule has 6 nitrogen and oxygen atoms in total. The Morgan fingerprint density at radius 2 is 2.18 bits per heavy atom. The van der Waals surface area contributed by atoms with E-state index in [2.05, 4.69) is 27.3 Å². The fourth-order valence-electron chi connectivity index (χ4n) is 3.06. The summed E-state index contributed by atoms with van der Waals surface area (Å²) in [6.07, 6.45) is 8.42. The minimum atomic E-state index is -0.0610. The summed E-state index contributed by atoms with van der Waals surface area (Å²) in [7, 11) is 0. The highest BCUT2D eigenvalue weighted by atomic mass is 32.1. The van der Waals surface area contributed by atoms with Crippen LogP contribution in [0.4, 0.5) is 9.93 Å². The van der Waals surface area contributed by atoms with Gasteiger partial charge in [-0.3, -0.25) is 15.6 Å². The molecular formula is C15H23N5OS. The molecule has 3 rings (SSSR count). The molecular weight excluding hydrogens is 298 g/mol. The molecule has 2 fully saturated rings. The first-order valence-corrected chi connectivity index (χ1v) is 8.75. The summed E-state index contributed by atoms with van der Waals surface area (Å²) in [4.78, 5) is 23.3. The van der Waals surface area contributed by atoms with Crippen molar-refractivity contribution in [3.8, 4) is 0 Å². The van der Waals surface area contributed by atoms with Crippen LogP contribution in [0.15, 0.2) is 11.2 Å². The first-order valence-electron chi connectivity index (χ1n) is 7.94. The maximum atomic E-state index is 12.1. The zero-order valence-electron chi connectivity index (χ0n) is 12.8. The Morgan fingerprint density at radius 3 is 2.91 bits per heavy atom. The Morgan fingerprint density at radius 1 is 1.41 bits per heavy atom. The van der Waals surface area contributed by atoms with Crippen molar-refractivity contribution >= 4 is 29.2 Å². The van der Waals surface area contributed by atoms with Gasteiger partial charge < -0.3 is 4.90 Å². The van der Waals surface area contributed by atoms with Gasteiger partial charge in [0.05, 0.1) is 6.67 Å². The number of likely N-dealkylation sites (tertiary alicyclic amines) is 1. The van der Waals surface area contributed by atoms with Crippen LogP contribution < -0.4 is 10.6 Å². The third kappa shape index (κ3) is 3.64. The topological polar surface area (TPSA) is 69.6 Å². The lowest BCUT2D eigenvalue weighted by atomic mass is 9.89. The molecule has 22 heavy (non-hydrogen) atoms. The number of anilines is 1. The van der Waals surface area contributed by atoms with E-state index in [9.17, 15) is 4.79 Å². The lowest BCUT2D eigenvalue weighted by Crippen LogP contribution is -2.60. The molecule has 2 heterocycles. The highest BCUT2D eigenvalue weighted by Crippen LogP contribution is 2.36. The van der Waals surface area contributed by atoms with Crippen LogP contribution in [-0.4, -0.2) is 48.4 Å². The molecule has 1 aliphatic carbocycles. The van der Waals surface area contributed by atoms with Crippen LogP contribution in [0.2, 0.25) is 0 Å². The fourth-order valence-corrected chi connectivity index (χ4v) is 4.03. The standard InChI is InChI=1S/C15H23N5OS/c1-16-10-18-12-8-20(9-12)15(21)19-14-17-7-13(22-14)11-5-3-2-4-6-11/h7,11-12,18H,1-6,8-10H2,(H,17,19,21). The Kier molecular flexibility index (Phi) is 5.04. The predicted octanol–water partition coefficient (Wildman–Crippen LogP) is 2.65. The van der Waals surface area contributed by atoms with E-state index in [0.29, 0.717) is 31.7 Å².